The minimum atomic E-state index is -4.44. The zero-order chi connectivity index (χ0) is 23.0. The van der Waals surface area contributed by atoms with E-state index in [2.05, 4.69) is 15.3 Å². The van der Waals surface area contributed by atoms with Crippen LogP contribution >= 0.6 is 0 Å². The van der Waals surface area contributed by atoms with E-state index in [1.807, 2.05) is 0 Å². The molecule has 2 aromatic heterocycles. The van der Waals surface area contributed by atoms with Gasteiger partial charge in [0.15, 0.2) is 6.61 Å². The minimum absolute atomic E-state index is 0.0409. The van der Waals surface area contributed by atoms with Crippen LogP contribution in [0.4, 0.5) is 19.0 Å². The number of carbonyl (C=O) groups excluding carboxylic acids is 2. The second-order valence-electron chi connectivity index (χ2n) is 8.27. The first-order chi connectivity index (χ1) is 15.1. The lowest BCUT2D eigenvalue weighted by atomic mass is 10.1. The number of hydrogen-bond acceptors (Lipinski definition) is 5. The number of halogens is 3. The van der Waals surface area contributed by atoms with E-state index < -0.39 is 18.8 Å². The Labute approximate surface area is 183 Å². The van der Waals surface area contributed by atoms with Gasteiger partial charge in [0.25, 0.3) is 5.91 Å². The molecule has 0 aromatic carbocycles. The number of amides is 2. The third-order valence-corrected chi connectivity index (χ3v) is 5.68. The SMILES string of the molecule is Cc1cc(C(C)N2Cc3c(ccnc3NC(=O)CC3CC3)C2=O)ncc1OCC(F)(F)F. The first-order valence-electron chi connectivity index (χ1n) is 10.4. The average molecular weight is 448 g/mol. The van der Waals surface area contributed by atoms with Crippen LogP contribution in [0.25, 0.3) is 0 Å². The number of fused-ring (bicyclic) bond motifs is 1. The van der Waals surface area contributed by atoms with E-state index in [0.717, 1.165) is 12.8 Å². The van der Waals surface area contributed by atoms with Crippen LogP contribution in [0, 0.1) is 12.8 Å². The summed E-state index contributed by atoms with van der Waals surface area (Å²) in [5, 5.41) is 2.82. The summed E-state index contributed by atoms with van der Waals surface area (Å²) in [5.74, 6) is 0.529. The van der Waals surface area contributed by atoms with Gasteiger partial charge < -0.3 is 15.0 Å². The van der Waals surface area contributed by atoms with Crippen molar-refractivity contribution in [3.8, 4) is 5.75 Å². The van der Waals surface area contributed by atoms with Crippen molar-refractivity contribution >= 4 is 17.6 Å². The molecule has 10 heteroatoms. The van der Waals surface area contributed by atoms with Gasteiger partial charge >= 0.3 is 6.18 Å². The number of hydrogen-bond donors (Lipinski definition) is 1. The molecular formula is C22H23F3N4O3. The van der Waals surface area contributed by atoms with Crippen molar-refractivity contribution in [1.29, 1.82) is 0 Å². The van der Waals surface area contributed by atoms with Crippen molar-refractivity contribution in [3.05, 3.63) is 46.9 Å². The molecule has 0 spiro atoms. The largest absolute Gasteiger partial charge is 0.482 e. The summed E-state index contributed by atoms with van der Waals surface area (Å²) in [7, 11) is 0. The standard InChI is InChI=1S/C22H23F3N4O3/c1-12-7-17(27-9-18(12)32-11-22(23,24)25)13(2)29-10-16-15(21(29)31)5-6-26-20(16)28-19(30)8-14-3-4-14/h5-7,9,13-14H,3-4,8,10-11H2,1-2H3,(H,26,28,30). The summed E-state index contributed by atoms with van der Waals surface area (Å²) >= 11 is 0. The molecule has 1 atom stereocenters. The van der Waals surface area contributed by atoms with Crippen LogP contribution in [0.15, 0.2) is 24.5 Å². The number of alkyl halides is 3. The third-order valence-electron chi connectivity index (χ3n) is 5.68. The van der Waals surface area contributed by atoms with Crippen LogP contribution in [0.1, 0.15) is 59.4 Å². The maximum atomic E-state index is 13.0. The molecule has 0 saturated heterocycles. The molecule has 2 aliphatic rings. The summed E-state index contributed by atoms with van der Waals surface area (Å²) < 4.78 is 42.0. The van der Waals surface area contributed by atoms with Crippen molar-refractivity contribution in [2.24, 2.45) is 5.92 Å². The lowest BCUT2D eigenvalue weighted by molar-refractivity contribution is -0.153. The van der Waals surface area contributed by atoms with Crippen LogP contribution in [0.3, 0.4) is 0 Å². The number of nitrogens with one attached hydrogen (secondary N) is 1. The van der Waals surface area contributed by atoms with Crippen LogP contribution in [0.5, 0.6) is 5.75 Å². The predicted octanol–water partition coefficient (Wildman–Crippen LogP) is 4.18. The molecule has 32 heavy (non-hydrogen) atoms. The van der Waals surface area contributed by atoms with E-state index in [0.29, 0.717) is 40.5 Å². The van der Waals surface area contributed by atoms with E-state index >= 15 is 0 Å². The normalized spacial score (nSPS) is 16.7. The smallest absolute Gasteiger partial charge is 0.422 e. The van der Waals surface area contributed by atoms with Crippen LogP contribution in [-0.4, -0.2) is 39.5 Å². The van der Waals surface area contributed by atoms with Gasteiger partial charge in [-0.05, 0) is 50.3 Å². The number of pyridine rings is 2. The number of aryl methyl sites for hydroxylation is 1. The zero-order valence-corrected chi connectivity index (χ0v) is 17.7. The fraction of sp³-hybridized carbons (Fsp3) is 0.455. The Balaban J connectivity index is 1.49. The van der Waals surface area contributed by atoms with Gasteiger partial charge in [0.2, 0.25) is 5.91 Å². The van der Waals surface area contributed by atoms with Crippen molar-refractivity contribution in [3.63, 3.8) is 0 Å². The fourth-order valence-electron chi connectivity index (χ4n) is 3.70. The lowest BCUT2D eigenvalue weighted by Gasteiger charge is -2.24. The van der Waals surface area contributed by atoms with Gasteiger partial charge in [0.1, 0.15) is 11.6 Å². The molecule has 4 rings (SSSR count). The van der Waals surface area contributed by atoms with Crippen molar-refractivity contribution < 1.29 is 27.5 Å². The van der Waals surface area contributed by atoms with Gasteiger partial charge in [-0.3, -0.25) is 14.6 Å². The Bertz CT molecular complexity index is 1050. The Hall–Kier alpha value is -3.17. The van der Waals surface area contributed by atoms with Crippen LogP contribution in [0.2, 0.25) is 0 Å². The van der Waals surface area contributed by atoms with Crippen molar-refractivity contribution in [2.45, 2.75) is 51.9 Å². The Morgan fingerprint density at radius 3 is 2.75 bits per heavy atom. The molecule has 2 aromatic rings. The molecule has 7 nitrogen and oxygen atoms in total. The molecular weight excluding hydrogens is 425 g/mol. The van der Waals surface area contributed by atoms with Gasteiger partial charge in [-0.1, -0.05) is 0 Å². The highest BCUT2D eigenvalue weighted by molar-refractivity contribution is 6.01. The summed E-state index contributed by atoms with van der Waals surface area (Å²) in [6.07, 6.45) is 0.865. The zero-order valence-electron chi connectivity index (χ0n) is 17.7. The number of nitrogens with zero attached hydrogens (tertiary/aromatic N) is 3. The summed E-state index contributed by atoms with van der Waals surface area (Å²) in [4.78, 5) is 35.3. The molecule has 1 unspecified atom stereocenters. The fourth-order valence-corrected chi connectivity index (χ4v) is 3.70. The molecule has 2 amide bonds. The number of ether oxygens (including phenoxy) is 1. The summed E-state index contributed by atoms with van der Waals surface area (Å²) in [5.41, 5.74) is 2.13. The number of aromatic nitrogens is 2. The Morgan fingerprint density at radius 1 is 1.34 bits per heavy atom. The monoisotopic (exact) mass is 448 g/mol. The second-order valence-corrected chi connectivity index (χ2v) is 8.27. The van der Waals surface area contributed by atoms with Crippen molar-refractivity contribution in [2.75, 3.05) is 11.9 Å². The highest BCUT2D eigenvalue weighted by Gasteiger charge is 2.35. The van der Waals surface area contributed by atoms with Gasteiger partial charge in [-0.2, -0.15) is 13.2 Å². The maximum absolute atomic E-state index is 13.0. The summed E-state index contributed by atoms with van der Waals surface area (Å²) in [6, 6.07) is 2.79. The molecule has 1 fully saturated rings. The van der Waals surface area contributed by atoms with E-state index in [1.165, 1.54) is 12.4 Å². The molecule has 1 aliphatic heterocycles. The molecule has 1 aliphatic carbocycles. The first kappa shape index (κ1) is 22.0. The maximum Gasteiger partial charge on any atom is 0.422 e. The van der Waals surface area contributed by atoms with Crippen molar-refractivity contribution in [1.82, 2.24) is 14.9 Å². The predicted molar refractivity (Wildman–Crippen MR) is 109 cm³/mol. The van der Waals surface area contributed by atoms with Gasteiger partial charge in [-0.15, -0.1) is 0 Å². The van der Waals surface area contributed by atoms with E-state index in [1.54, 1.807) is 30.9 Å². The van der Waals surface area contributed by atoms with Gasteiger partial charge in [0.05, 0.1) is 24.5 Å². The molecule has 170 valence electrons. The second kappa shape index (κ2) is 8.40. The number of carbonyl (C=O) groups is 2. The molecule has 1 N–H and O–H groups in total. The molecule has 0 bridgehead atoms. The minimum Gasteiger partial charge on any atom is -0.482 e. The lowest BCUT2D eigenvalue weighted by Crippen LogP contribution is -2.28. The van der Waals surface area contributed by atoms with Crippen LogP contribution < -0.4 is 10.1 Å². The molecule has 0 radical (unpaired) electrons. The highest BCUT2D eigenvalue weighted by Crippen LogP contribution is 2.36. The van der Waals surface area contributed by atoms with Gasteiger partial charge in [0, 0.05) is 23.7 Å². The first-order valence-corrected chi connectivity index (χ1v) is 10.4. The van der Waals surface area contributed by atoms with E-state index in [9.17, 15) is 22.8 Å². The van der Waals surface area contributed by atoms with E-state index in [4.69, 9.17) is 4.74 Å². The third kappa shape index (κ3) is 4.84. The van der Waals surface area contributed by atoms with Crippen LogP contribution in [-0.2, 0) is 11.3 Å². The number of anilines is 1. The molecule has 1 saturated carbocycles. The highest BCUT2D eigenvalue weighted by atomic mass is 19.4. The van der Waals surface area contributed by atoms with E-state index in [-0.39, 0.29) is 24.1 Å². The number of rotatable bonds is 7. The Kier molecular flexibility index (Phi) is 5.79. The van der Waals surface area contributed by atoms with Gasteiger partial charge in [-0.25, -0.2) is 4.98 Å². The Morgan fingerprint density at radius 2 is 2.09 bits per heavy atom. The topological polar surface area (TPSA) is 84.4 Å². The quantitative estimate of drug-likeness (QED) is 0.687. The molecule has 3 heterocycles. The summed E-state index contributed by atoms with van der Waals surface area (Å²) in [6.45, 7) is 2.27. The average Bonchev–Trinajstić information content (AvgIpc) is 3.47.